The van der Waals surface area contributed by atoms with Crippen LogP contribution in [0.3, 0.4) is 0 Å². The Morgan fingerprint density at radius 2 is 2.16 bits per heavy atom. The lowest BCUT2D eigenvalue weighted by Gasteiger charge is -2.38. The highest BCUT2D eigenvalue weighted by Gasteiger charge is 2.31. The topological polar surface area (TPSA) is 72.3 Å². The Labute approximate surface area is 126 Å². The molecule has 0 aliphatic carbocycles. The van der Waals surface area contributed by atoms with Gasteiger partial charge in [-0.05, 0) is 20.1 Å². The van der Waals surface area contributed by atoms with Crippen LogP contribution in [0, 0.1) is 0 Å². The van der Waals surface area contributed by atoms with E-state index in [-0.39, 0.29) is 4.75 Å². The van der Waals surface area contributed by atoms with E-state index in [1.165, 1.54) is 11.3 Å². The van der Waals surface area contributed by atoms with Gasteiger partial charge in [-0.3, -0.25) is 4.79 Å². The number of nitrogens with zero attached hydrogens (tertiary/aromatic N) is 1. The van der Waals surface area contributed by atoms with Crippen LogP contribution in [0.1, 0.15) is 23.5 Å². The number of rotatable bonds is 3. The third-order valence-corrected chi connectivity index (χ3v) is 6.55. The first-order valence-electron chi connectivity index (χ1n) is 6.00. The lowest BCUT2D eigenvalue weighted by atomic mass is 10.2. The summed E-state index contributed by atoms with van der Waals surface area (Å²) in [5.41, 5.74) is 12.0. The van der Waals surface area contributed by atoms with E-state index in [9.17, 15) is 4.79 Å². The van der Waals surface area contributed by atoms with E-state index in [1.54, 1.807) is 11.8 Å². The molecule has 106 valence electrons. The number of primary amides is 1. The number of carbonyl (C=O) groups excluding carboxylic acids is 1. The van der Waals surface area contributed by atoms with Gasteiger partial charge in [0.25, 0.3) is 5.91 Å². The number of hydrogen-bond donors (Lipinski definition) is 2. The Morgan fingerprint density at radius 3 is 2.68 bits per heavy atom. The minimum atomic E-state index is -0.435. The van der Waals surface area contributed by atoms with Crippen LogP contribution in [0.2, 0.25) is 0 Å². The van der Waals surface area contributed by atoms with Crippen molar-refractivity contribution in [1.29, 1.82) is 0 Å². The molecule has 1 amide bonds. The van der Waals surface area contributed by atoms with E-state index >= 15 is 0 Å². The van der Waals surface area contributed by atoms with E-state index in [0.29, 0.717) is 10.6 Å². The fourth-order valence-electron chi connectivity index (χ4n) is 2.19. The van der Waals surface area contributed by atoms with Gasteiger partial charge in [0.1, 0.15) is 9.88 Å². The Morgan fingerprint density at radius 1 is 1.47 bits per heavy atom. The summed E-state index contributed by atoms with van der Waals surface area (Å²) in [6, 6.07) is 0. The summed E-state index contributed by atoms with van der Waals surface area (Å²) in [6.07, 6.45) is 1.98. The highest BCUT2D eigenvalue weighted by Crippen LogP contribution is 2.45. The van der Waals surface area contributed by atoms with Crippen molar-refractivity contribution < 1.29 is 4.79 Å². The lowest BCUT2D eigenvalue weighted by molar-refractivity contribution is 0.100. The molecule has 4 N–H and O–H groups in total. The predicted octanol–water partition coefficient (Wildman–Crippen LogP) is 2.48. The summed E-state index contributed by atoms with van der Waals surface area (Å²) < 4.78 is 0.222. The van der Waals surface area contributed by atoms with Crippen molar-refractivity contribution in [1.82, 2.24) is 0 Å². The molecule has 1 aromatic rings. The van der Waals surface area contributed by atoms with Crippen LogP contribution in [0.15, 0.2) is 4.90 Å². The van der Waals surface area contributed by atoms with Crippen LogP contribution in [0.5, 0.6) is 0 Å². The van der Waals surface area contributed by atoms with Gasteiger partial charge >= 0.3 is 0 Å². The molecule has 0 spiro atoms. The maximum Gasteiger partial charge on any atom is 0.261 e. The molecule has 7 heteroatoms. The molecule has 1 aromatic heterocycles. The molecule has 2 heterocycles. The monoisotopic (exact) mass is 317 g/mol. The fourth-order valence-corrected chi connectivity index (χ4v) is 5.36. The average molecular weight is 318 g/mol. The van der Waals surface area contributed by atoms with Crippen LogP contribution in [-0.4, -0.2) is 35.8 Å². The van der Waals surface area contributed by atoms with Gasteiger partial charge < -0.3 is 16.4 Å². The van der Waals surface area contributed by atoms with Crippen molar-refractivity contribution in [3.63, 3.8) is 0 Å². The molecule has 2 rings (SSSR count). The number of thiophene rings is 1. The Balaban J connectivity index is 2.39. The van der Waals surface area contributed by atoms with Gasteiger partial charge in [-0.25, -0.2) is 0 Å². The smallest absolute Gasteiger partial charge is 0.261 e. The summed E-state index contributed by atoms with van der Waals surface area (Å²) in [5, 5.41) is 1.09. The van der Waals surface area contributed by atoms with Gasteiger partial charge in [0.15, 0.2) is 0 Å². The van der Waals surface area contributed by atoms with Crippen LogP contribution < -0.4 is 16.4 Å². The van der Waals surface area contributed by atoms with Crippen molar-refractivity contribution >= 4 is 51.5 Å². The number of thioether (sulfide) groups is 2. The van der Waals surface area contributed by atoms with E-state index in [0.717, 1.165) is 28.7 Å². The maximum absolute atomic E-state index is 11.4. The molecule has 1 fully saturated rings. The molecule has 1 aliphatic heterocycles. The summed E-state index contributed by atoms with van der Waals surface area (Å²) in [7, 11) is 0. The van der Waals surface area contributed by atoms with Gasteiger partial charge in [-0.1, -0.05) is 0 Å². The maximum atomic E-state index is 11.4. The number of carbonyl (C=O) groups is 1. The van der Waals surface area contributed by atoms with E-state index in [2.05, 4.69) is 18.7 Å². The minimum Gasteiger partial charge on any atom is -0.396 e. The molecule has 1 saturated heterocycles. The third-order valence-electron chi connectivity index (χ3n) is 3.02. The second kappa shape index (κ2) is 5.46. The first-order chi connectivity index (χ1) is 8.85. The zero-order valence-electron chi connectivity index (χ0n) is 11.4. The normalized spacial score (nSPS) is 18.6. The summed E-state index contributed by atoms with van der Waals surface area (Å²) in [4.78, 5) is 15.2. The molecular formula is C12H19N3OS3. The van der Waals surface area contributed by atoms with E-state index < -0.39 is 5.91 Å². The molecular weight excluding hydrogens is 298 g/mol. The summed E-state index contributed by atoms with van der Waals surface area (Å²) in [5.74, 6) is 0.652. The molecule has 0 saturated carbocycles. The van der Waals surface area contributed by atoms with Crippen LogP contribution in [0.4, 0.5) is 10.7 Å². The zero-order valence-corrected chi connectivity index (χ0v) is 13.8. The Kier molecular flexibility index (Phi) is 4.27. The molecule has 4 nitrogen and oxygen atoms in total. The highest BCUT2D eigenvalue weighted by molar-refractivity contribution is 8.00. The third kappa shape index (κ3) is 2.98. The van der Waals surface area contributed by atoms with Gasteiger partial charge in [-0.2, -0.15) is 11.8 Å². The van der Waals surface area contributed by atoms with E-state index in [1.807, 2.05) is 18.0 Å². The fraction of sp³-hybridized carbons (Fsp3) is 0.583. The van der Waals surface area contributed by atoms with Crippen LogP contribution in [-0.2, 0) is 0 Å². The number of anilines is 2. The van der Waals surface area contributed by atoms with Crippen molar-refractivity contribution in [3.05, 3.63) is 4.88 Å². The van der Waals surface area contributed by atoms with Gasteiger partial charge in [0.05, 0.1) is 10.6 Å². The molecule has 0 radical (unpaired) electrons. The lowest BCUT2D eigenvalue weighted by Crippen LogP contribution is -2.43. The molecule has 0 atom stereocenters. The number of nitrogens with two attached hydrogens (primary N) is 2. The first-order valence-corrected chi connectivity index (χ1v) is 9.03. The largest absolute Gasteiger partial charge is 0.396 e. The predicted molar refractivity (Wildman–Crippen MR) is 87.8 cm³/mol. The molecule has 19 heavy (non-hydrogen) atoms. The van der Waals surface area contributed by atoms with Crippen molar-refractivity contribution in [2.24, 2.45) is 5.73 Å². The summed E-state index contributed by atoms with van der Waals surface area (Å²) >= 11 is 4.99. The quantitative estimate of drug-likeness (QED) is 0.838. The second-order valence-corrected chi connectivity index (χ2v) is 8.69. The van der Waals surface area contributed by atoms with Gasteiger partial charge in [0.2, 0.25) is 0 Å². The highest BCUT2D eigenvalue weighted by atomic mass is 32.2. The van der Waals surface area contributed by atoms with Gasteiger partial charge in [0, 0.05) is 23.6 Å². The number of hydrogen-bond acceptors (Lipinski definition) is 6. The number of nitrogen functional groups attached to an aromatic ring is 1. The first kappa shape index (κ1) is 14.9. The van der Waals surface area contributed by atoms with Crippen LogP contribution in [0.25, 0.3) is 0 Å². The summed E-state index contributed by atoms with van der Waals surface area (Å²) in [6.45, 7) is 6.44. The standard InChI is InChI=1S/C12H19N3OS3/c1-12(2)6-15(4-5-18-12)11-9(17-3)7(13)8(19-11)10(14)16/h4-6,13H2,1-3H3,(H2,14,16). The van der Waals surface area contributed by atoms with Crippen molar-refractivity contribution in [2.75, 3.05) is 35.7 Å². The van der Waals surface area contributed by atoms with Crippen LogP contribution >= 0.6 is 34.9 Å². The molecule has 0 aromatic carbocycles. The average Bonchev–Trinajstić information content (AvgIpc) is 2.65. The van der Waals surface area contributed by atoms with Crippen molar-refractivity contribution in [3.8, 4) is 0 Å². The Hall–Kier alpha value is -0.530. The van der Waals surface area contributed by atoms with E-state index in [4.69, 9.17) is 11.5 Å². The molecule has 0 unspecified atom stereocenters. The minimum absolute atomic E-state index is 0.222. The Bertz CT molecular complexity index is 499. The van der Waals surface area contributed by atoms with Gasteiger partial charge in [-0.15, -0.1) is 23.1 Å². The molecule has 0 bridgehead atoms. The zero-order chi connectivity index (χ0) is 14.2. The number of amides is 1. The van der Waals surface area contributed by atoms with Crippen molar-refractivity contribution in [2.45, 2.75) is 23.5 Å². The second-order valence-electron chi connectivity index (χ2n) is 5.08. The SMILES string of the molecule is CSc1c(N2CCSC(C)(C)C2)sc(C(N)=O)c1N. The molecule has 1 aliphatic rings.